The van der Waals surface area contributed by atoms with Crippen molar-refractivity contribution >= 4 is 29.1 Å². The Labute approximate surface area is 158 Å². The van der Waals surface area contributed by atoms with Crippen molar-refractivity contribution in [3.05, 3.63) is 76.3 Å². The third kappa shape index (κ3) is 3.08. The Kier molecular flexibility index (Phi) is 4.42. The number of rotatable bonds is 3. The zero-order chi connectivity index (χ0) is 18.3. The van der Waals surface area contributed by atoms with Gasteiger partial charge in [0.05, 0.1) is 6.04 Å². The molecular weight excluding hydrogens is 375 g/mol. The summed E-state index contributed by atoms with van der Waals surface area (Å²) < 4.78 is 15.0. The topological polar surface area (TPSA) is 59.8 Å². The number of aryl methyl sites for hydroxylation is 1. The molecule has 5 nitrogen and oxygen atoms in total. The number of carbonyl (C=O) groups is 1. The zero-order valence-electron chi connectivity index (χ0n) is 13.7. The van der Waals surface area contributed by atoms with Gasteiger partial charge in [-0.1, -0.05) is 35.5 Å². The van der Waals surface area contributed by atoms with Crippen molar-refractivity contribution in [1.82, 2.24) is 14.9 Å². The summed E-state index contributed by atoms with van der Waals surface area (Å²) in [6, 6.07) is 12.6. The van der Waals surface area contributed by atoms with Gasteiger partial charge in [0.15, 0.2) is 5.78 Å². The van der Waals surface area contributed by atoms with Crippen LogP contribution in [0.5, 0.6) is 0 Å². The van der Waals surface area contributed by atoms with Crippen molar-refractivity contribution in [3.8, 4) is 0 Å². The van der Waals surface area contributed by atoms with Gasteiger partial charge in [-0.05, 0) is 48.9 Å². The fourth-order valence-corrected chi connectivity index (χ4v) is 4.19. The molecule has 0 spiro atoms. The number of fused-ring (bicyclic) bond motifs is 1. The molecule has 0 bridgehead atoms. The minimum absolute atomic E-state index is 0.102. The van der Waals surface area contributed by atoms with Crippen molar-refractivity contribution in [1.29, 1.82) is 0 Å². The number of nitrogens with one attached hydrogen (secondary N) is 1. The highest BCUT2D eigenvalue weighted by Crippen LogP contribution is 2.38. The number of thioether (sulfide) groups is 1. The predicted octanol–water partition coefficient (Wildman–Crippen LogP) is 4.02. The van der Waals surface area contributed by atoms with Crippen LogP contribution in [0.3, 0.4) is 0 Å². The van der Waals surface area contributed by atoms with Crippen molar-refractivity contribution in [2.24, 2.45) is 0 Å². The molecule has 1 aliphatic heterocycles. The van der Waals surface area contributed by atoms with Gasteiger partial charge in [-0.15, -0.1) is 10.2 Å². The van der Waals surface area contributed by atoms with E-state index >= 15 is 0 Å². The summed E-state index contributed by atoms with van der Waals surface area (Å²) in [7, 11) is 0. The van der Waals surface area contributed by atoms with Gasteiger partial charge in [0.1, 0.15) is 16.9 Å². The summed E-state index contributed by atoms with van der Waals surface area (Å²) in [6.45, 7) is 1.84. The molecule has 132 valence electrons. The lowest BCUT2D eigenvalue weighted by Gasteiger charge is -2.32. The molecule has 8 heteroatoms. The first-order valence-electron chi connectivity index (χ1n) is 7.93. The van der Waals surface area contributed by atoms with E-state index in [1.54, 1.807) is 16.8 Å². The first-order chi connectivity index (χ1) is 12.5. The second-order valence-electron chi connectivity index (χ2n) is 5.93. The molecule has 0 unspecified atom stereocenters. The second-order valence-corrected chi connectivity index (χ2v) is 7.48. The molecule has 26 heavy (non-hydrogen) atoms. The largest absolute Gasteiger partial charge is 0.313 e. The van der Waals surface area contributed by atoms with Crippen LogP contribution in [0.15, 0.2) is 53.7 Å². The molecule has 0 amide bonds. The Balaban J connectivity index is 1.74. The molecule has 0 saturated carbocycles. The quantitative estimate of drug-likeness (QED) is 0.687. The van der Waals surface area contributed by atoms with Crippen molar-refractivity contribution in [2.75, 3.05) is 5.43 Å². The van der Waals surface area contributed by atoms with E-state index in [1.165, 1.54) is 36.0 Å². The maximum Gasteiger partial charge on any atom is 0.210 e. The van der Waals surface area contributed by atoms with Gasteiger partial charge in [0.25, 0.3) is 0 Å². The highest BCUT2D eigenvalue weighted by atomic mass is 35.5. The lowest BCUT2D eigenvalue weighted by atomic mass is 9.97. The molecule has 0 aliphatic carbocycles. The highest BCUT2D eigenvalue weighted by Gasteiger charge is 2.37. The standard InChI is InChI=1S/C18H14ClFN4OS/c1-10-21-22-18-24(10)23-15(11-2-6-13(19)7-3-11)17(26-18)16(25)12-4-8-14(20)9-5-12/h2-9,15,17,23H,1H3/t15-,17-/m0/s1. The average Bonchev–Trinajstić information content (AvgIpc) is 3.02. The summed E-state index contributed by atoms with van der Waals surface area (Å²) in [5.41, 5.74) is 4.70. The van der Waals surface area contributed by atoms with Gasteiger partial charge in [0, 0.05) is 10.6 Å². The molecule has 2 aromatic carbocycles. The normalized spacial score (nSPS) is 18.9. The van der Waals surface area contributed by atoms with E-state index in [4.69, 9.17) is 11.6 Å². The number of hydrogen-bond acceptors (Lipinski definition) is 5. The molecule has 1 aromatic heterocycles. The molecule has 0 fully saturated rings. The number of nitrogens with zero attached hydrogens (tertiary/aromatic N) is 3. The van der Waals surface area contributed by atoms with E-state index < -0.39 is 5.25 Å². The first-order valence-corrected chi connectivity index (χ1v) is 9.19. The molecule has 0 radical (unpaired) electrons. The lowest BCUT2D eigenvalue weighted by Crippen LogP contribution is -2.39. The van der Waals surface area contributed by atoms with E-state index in [9.17, 15) is 9.18 Å². The van der Waals surface area contributed by atoms with E-state index in [0.29, 0.717) is 21.6 Å². The van der Waals surface area contributed by atoms with Crippen molar-refractivity contribution in [3.63, 3.8) is 0 Å². The Morgan fingerprint density at radius 2 is 1.85 bits per heavy atom. The minimum atomic E-state index is -0.474. The number of carbonyl (C=O) groups excluding carboxylic acids is 1. The van der Waals surface area contributed by atoms with Crippen LogP contribution in [-0.2, 0) is 0 Å². The fraction of sp³-hybridized carbons (Fsp3) is 0.167. The lowest BCUT2D eigenvalue weighted by molar-refractivity contribution is 0.0980. The summed E-state index contributed by atoms with van der Waals surface area (Å²) in [6.07, 6.45) is 0. The molecule has 0 saturated heterocycles. The molecule has 1 N–H and O–H groups in total. The second kappa shape index (κ2) is 6.74. The third-order valence-corrected chi connectivity index (χ3v) is 5.68. The smallest absolute Gasteiger partial charge is 0.210 e. The average molecular weight is 389 g/mol. The predicted molar refractivity (Wildman–Crippen MR) is 98.7 cm³/mol. The molecule has 2 atom stereocenters. The minimum Gasteiger partial charge on any atom is -0.313 e. The highest BCUT2D eigenvalue weighted by molar-refractivity contribution is 8.00. The van der Waals surface area contributed by atoms with Gasteiger partial charge in [-0.2, -0.15) is 0 Å². The Morgan fingerprint density at radius 1 is 1.15 bits per heavy atom. The summed E-state index contributed by atoms with van der Waals surface area (Å²) >= 11 is 7.34. The van der Waals surface area contributed by atoms with Crippen molar-refractivity contribution < 1.29 is 9.18 Å². The maximum absolute atomic E-state index is 13.2. The van der Waals surface area contributed by atoms with Gasteiger partial charge in [-0.25, -0.2) is 9.07 Å². The molecule has 2 heterocycles. The maximum atomic E-state index is 13.2. The number of Topliss-reactive ketones (excluding diaryl/α,β-unsaturated/α-hetero) is 1. The van der Waals surface area contributed by atoms with Crippen molar-refractivity contribution in [2.45, 2.75) is 23.4 Å². The van der Waals surface area contributed by atoms with Gasteiger partial charge < -0.3 is 5.43 Å². The summed E-state index contributed by atoms with van der Waals surface area (Å²) in [4.78, 5) is 13.1. The summed E-state index contributed by atoms with van der Waals surface area (Å²) in [5, 5.41) is 8.95. The van der Waals surface area contributed by atoms with Crippen LogP contribution < -0.4 is 5.43 Å². The number of hydrogen-bond donors (Lipinski definition) is 1. The van der Waals surface area contributed by atoms with E-state index in [-0.39, 0.29) is 17.6 Å². The van der Waals surface area contributed by atoms with Crippen LogP contribution in [0.2, 0.25) is 5.02 Å². The van der Waals surface area contributed by atoms with Gasteiger partial charge in [-0.3, -0.25) is 4.79 Å². The number of ketones is 1. The number of halogens is 2. The number of aromatic nitrogens is 3. The molecule has 4 rings (SSSR count). The van der Waals surface area contributed by atoms with Crippen LogP contribution in [0.4, 0.5) is 4.39 Å². The van der Waals surface area contributed by atoms with Crippen LogP contribution in [0, 0.1) is 12.7 Å². The van der Waals surface area contributed by atoms with Crippen LogP contribution in [-0.4, -0.2) is 25.9 Å². The zero-order valence-corrected chi connectivity index (χ0v) is 15.3. The van der Waals surface area contributed by atoms with E-state index in [2.05, 4.69) is 15.6 Å². The van der Waals surface area contributed by atoms with Crippen LogP contribution >= 0.6 is 23.4 Å². The van der Waals surface area contributed by atoms with E-state index in [0.717, 1.165) is 5.56 Å². The SMILES string of the molecule is Cc1nnc2n1N[C@@H](c1ccc(Cl)cc1)[C@@H](C(=O)c1ccc(F)cc1)S2. The summed E-state index contributed by atoms with van der Waals surface area (Å²) in [5.74, 6) is 0.231. The Bertz CT molecular complexity index is 958. The van der Waals surface area contributed by atoms with Gasteiger partial charge in [0.2, 0.25) is 5.16 Å². The molecule has 1 aliphatic rings. The van der Waals surface area contributed by atoms with Crippen LogP contribution in [0.25, 0.3) is 0 Å². The Hall–Kier alpha value is -2.38. The number of benzene rings is 2. The van der Waals surface area contributed by atoms with Crippen LogP contribution in [0.1, 0.15) is 27.8 Å². The monoisotopic (exact) mass is 388 g/mol. The first kappa shape index (κ1) is 17.1. The Morgan fingerprint density at radius 3 is 2.54 bits per heavy atom. The molecular formula is C18H14ClFN4OS. The van der Waals surface area contributed by atoms with Gasteiger partial charge >= 0.3 is 0 Å². The van der Waals surface area contributed by atoms with E-state index in [1.807, 2.05) is 19.1 Å². The third-order valence-electron chi connectivity index (χ3n) is 4.21. The molecule has 3 aromatic rings. The fourth-order valence-electron chi connectivity index (χ4n) is 2.86.